The normalized spacial score (nSPS) is 13.9. The van der Waals surface area contributed by atoms with Crippen LogP contribution in [0.2, 0.25) is 0 Å². The van der Waals surface area contributed by atoms with Gasteiger partial charge in [-0.2, -0.15) is 0 Å². The fraction of sp³-hybridized carbons (Fsp3) is 0.258. The van der Waals surface area contributed by atoms with Crippen LogP contribution < -0.4 is 25.4 Å². The smallest absolute Gasteiger partial charge is 0.409 e. The summed E-state index contributed by atoms with van der Waals surface area (Å²) in [6.45, 7) is 5.43. The van der Waals surface area contributed by atoms with Crippen LogP contribution in [0.4, 0.5) is 22.0 Å². The lowest BCUT2D eigenvalue weighted by Gasteiger charge is -2.32. The molecule has 42 heavy (non-hydrogen) atoms. The highest BCUT2D eigenvalue weighted by Gasteiger charge is 2.15. The molecule has 0 saturated carbocycles. The average Bonchev–Trinajstić information content (AvgIpc) is 2.99. The molecule has 1 aromatic heterocycles. The van der Waals surface area contributed by atoms with Gasteiger partial charge in [-0.3, -0.25) is 15.0 Å². The Kier molecular flexibility index (Phi) is 9.00. The first kappa shape index (κ1) is 28.7. The van der Waals surface area contributed by atoms with Crippen molar-refractivity contribution in [1.82, 2.24) is 20.1 Å². The topological polar surface area (TPSA) is 128 Å². The van der Waals surface area contributed by atoms with Crippen molar-refractivity contribution in [3.8, 4) is 17.2 Å². The predicted octanol–water partition coefficient (Wildman–Crippen LogP) is 4.85. The number of piperazine rings is 1. The lowest BCUT2D eigenvalue weighted by molar-refractivity contribution is 0.0940. The van der Waals surface area contributed by atoms with Gasteiger partial charge in [-0.15, -0.1) is 0 Å². The summed E-state index contributed by atoms with van der Waals surface area (Å²) in [4.78, 5) is 33.2. The highest BCUT2D eigenvalue weighted by atomic mass is 16.5. The number of aromatic nitrogens is 1. The third kappa shape index (κ3) is 7.25. The zero-order valence-corrected chi connectivity index (χ0v) is 23.6. The number of carbonyl (C=O) groups is 2. The van der Waals surface area contributed by atoms with Crippen molar-refractivity contribution in [1.29, 1.82) is 0 Å². The van der Waals surface area contributed by atoms with Crippen LogP contribution in [0.3, 0.4) is 0 Å². The summed E-state index contributed by atoms with van der Waals surface area (Å²) < 4.78 is 11.6. The Morgan fingerprint density at radius 2 is 1.74 bits per heavy atom. The number of methoxy groups -OCH3 is 1. The van der Waals surface area contributed by atoms with Crippen molar-refractivity contribution in [3.63, 3.8) is 0 Å². The largest absolute Gasteiger partial charge is 0.497 e. The summed E-state index contributed by atoms with van der Waals surface area (Å²) in [7, 11) is 3.68. The second-order valence-electron chi connectivity index (χ2n) is 10.0. The molecule has 0 radical (unpaired) electrons. The summed E-state index contributed by atoms with van der Waals surface area (Å²) in [5, 5.41) is 19.3. The summed E-state index contributed by atoms with van der Waals surface area (Å²) in [5.41, 5.74) is 1.58. The van der Waals surface area contributed by atoms with E-state index in [-0.39, 0.29) is 5.91 Å². The SMILES string of the molecule is COc1cc(Nc2cc(Oc3ccc(NC(=O)O)c4ccccc34)ccn2)cc(C(=O)NCCN2CCN(C)CC2)c1. The van der Waals surface area contributed by atoms with Crippen LogP contribution in [-0.4, -0.2) is 85.3 Å². The summed E-state index contributed by atoms with van der Waals surface area (Å²) >= 11 is 0. The van der Waals surface area contributed by atoms with Gasteiger partial charge in [0.05, 0.1) is 12.8 Å². The van der Waals surface area contributed by atoms with Crippen molar-refractivity contribution in [2.75, 3.05) is 64.1 Å². The minimum absolute atomic E-state index is 0.177. The Morgan fingerprint density at radius 1 is 0.952 bits per heavy atom. The minimum Gasteiger partial charge on any atom is -0.497 e. The van der Waals surface area contributed by atoms with Gasteiger partial charge in [0, 0.05) is 79.6 Å². The van der Waals surface area contributed by atoms with Crippen LogP contribution in [0, 0.1) is 0 Å². The summed E-state index contributed by atoms with van der Waals surface area (Å²) in [6.07, 6.45) is 0.481. The van der Waals surface area contributed by atoms with E-state index in [1.165, 1.54) is 0 Å². The van der Waals surface area contributed by atoms with Crippen LogP contribution >= 0.6 is 0 Å². The van der Waals surface area contributed by atoms with Gasteiger partial charge in [0.25, 0.3) is 5.91 Å². The van der Waals surface area contributed by atoms with Gasteiger partial charge in [0.15, 0.2) is 0 Å². The maximum atomic E-state index is 13.0. The maximum Gasteiger partial charge on any atom is 0.409 e. The minimum atomic E-state index is -1.14. The molecule has 11 nitrogen and oxygen atoms in total. The molecule has 0 aliphatic carbocycles. The quantitative estimate of drug-likeness (QED) is 0.212. The third-order valence-corrected chi connectivity index (χ3v) is 7.07. The molecule has 4 N–H and O–H groups in total. The second kappa shape index (κ2) is 13.2. The number of nitrogens with zero attached hydrogens (tertiary/aromatic N) is 3. The number of anilines is 3. The number of rotatable bonds is 10. The van der Waals surface area contributed by atoms with E-state index in [1.54, 1.807) is 55.8 Å². The number of hydrogen-bond donors (Lipinski definition) is 4. The average molecular weight is 571 g/mol. The van der Waals surface area contributed by atoms with Crippen molar-refractivity contribution < 1.29 is 24.2 Å². The monoisotopic (exact) mass is 570 g/mol. The van der Waals surface area contributed by atoms with Gasteiger partial charge in [0.1, 0.15) is 23.1 Å². The fourth-order valence-electron chi connectivity index (χ4n) is 4.82. The highest BCUT2D eigenvalue weighted by molar-refractivity contribution is 6.02. The molecule has 1 saturated heterocycles. The number of hydrogen-bond acceptors (Lipinski definition) is 8. The standard InChI is InChI=1S/C31H34N6O5/c1-36-13-15-37(16-14-36)12-11-33-30(38)21-17-22(19-24(18-21)41-2)34-29-20-23(9-10-32-29)42-28-8-7-27(35-31(39)40)25-5-3-4-6-26(25)28/h3-10,17-20,35H,11-16H2,1-2H3,(H,32,34)(H,33,38)(H,39,40). The molecule has 0 spiro atoms. The van der Waals surface area contributed by atoms with E-state index in [4.69, 9.17) is 14.6 Å². The Hall–Kier alpha value is -4.87. The van der Waals surface area contributed by atoms with Crippen LogP contribution in [0.15, 0.2) is 72.9 Å². The summed E-state index contributed by atoms with van der Waals surface area (Å²) in [5.74, 6) is 1.97. The number of amides is 2. The van der Waals surface area contributed by atoms with E-state index in [9.17, 15) is 9.59 Å². The molecule has 2 heterocycles. The second-order valence-corrected chi connectivity index (χ2v) is 10.0. The van der Waals surface area contributed by atoms with Gasteiger partial charge in [-0.25, -0.2) is 9.78 Å². The van der Waals surface area contributed by atoms with Crippen molar-refractivity contribution in [2.45, 2.75) is 0 Å². The van der Waals surface area contributed by atoms with Gasteiger partial charge in [0.2, 0.25) is 0 Å². The Morgan fingerprint density at radius 3 is 2.50 bits per heavy atom. The van der Waals surface area contributed by atoms with Crippen molar-refractivity contribution >= 4 is 40.0 Å². The number of ether oxygens (including phenoxy) is 2. The fourth-order valence-corrected chi connectivity index (χ4v) is 4.82. The number of fused-ring (bicyclic) bond motifs is 1. The molecule has 0 unspecified atom stereocenters. The van der Waals surface area contributed by atoms with Crippen molar-refractivity contribution in [3.05, 3.63) is 78.5 Å². The number of carbonyl (C=O) groups excluding carboxylic acids is 1. The first-order valence-electron chi connectivity index (χ1n) is 13.7. The zero-order valence-electron chi connectivity index (χ0n) is 23.6. The van der Waals surface area contributed by atoms with Gasteiger partial charge < -0.3 is 30.1 Å². The predicted molar refractivity (Wildman–Crippen MR) is 162 cm³/mol. The number of pyridine rings is 1. The van der Waals surface area contributed by atoms with E-state index in [2.05, 4.69) is 37.8 Å². The molecule has 5 rings (SSSR count). The number of nitrogens with one attached hydrogen (secondary N) is 3. The number of likely N-dealkylation sites (N-methyl/N-ethyl adjacent to an activating group) is 1. The lowest BCUT2D eigenvalue weighted by Crippen LogP contribution is -2.46. The Bertz CT molecular complexity index is 1570. The number of benzene rings is 3. The molecule has 218 valence electrons. The highest BCUT2D eigenvalue weighted by Crippen LogP contribution is 2.35. The Labute approximate surface area is 244 Å². The molecule has 0 bridgehead atoms. The molecule has 11 heteroatoms. The molecule has 1 aliphatic heterocycles. The van der Waals surface area contributed by atoms with Crippen LogP contribution in [0.25, 0.3) is 10.8 Å². The van der Waals surface area contributed by atoms with Crippen LogP contribution in [-0.2, 0) is 0 Å². The lowest BCUT2D eigenvalue weighted by atomic mass is 10.1. The van der Waals surface area contributed by atoms with Crippen LogP contribution in [0.1, 0.15) is 10.4 Å². The molecular weight excluding hydrogens is 536 g/mol. The van der Waals surface area contributed by atoms with Gasteiger partial charge in [-0.05, 0) is 37.4 Å². The van der Waals surface area contributed by atoms with Gasteiger partial charge >= 0.3 is 6.09 Å². The molecular formula is C31H34N6O5. The summed E-state index contributed by atoms with van der Waals surface area (Å²) in [6, 6.07) is 19.5. The zero-order chi connectivity index (χ0) is 29.5. The number of carboxylic acid groups (broad SMARTS) is 1. The van der Waals surface area contributed by atoms with Gasteiger partial charge in [-0.1, -0.05) is 24.3 Å². The molecule has 3 aromatic carbocycles. The molecule has 4 aromatic rings. The Balaban J connectivity index is 1.28. The van der Waals surface area contributed by atoms with Crippen molar-refractivity contribution in [2.24, 2.45) is 0 Å². The molecule has 1 aliphatic rings. The third-order valence-electron chi connectivity index (χ3n) is 7.07. The first-order chi connectivity index (χ1) is 20.4. The van der Waals surface area contributed by atoms with Crippen LogP contribution in [0.5, 0.6) is 17.2 Å². The van der Waals surface area contributed by atoms with E-state index in [0.29, 0.717) is 46.5 Å². The molecule has 2 amide bonds. The molecule has 1 fully saturated rings. The molecule has 0 atom stereocenters. The van der Waals surface area contributed by atoms with E-state index < -0.39 is 6.09 Å². The van der Waals surface area contributed by atoms with E-state index >= 15 is 0 Å². The first-order valence-corrected chi connectivity index (χ1v) is 13.7. The maximum absolute atomic E-state index is 13.0. The van der Waals surface area contributed by atoms with E-state index in [1.807, 2.05) is 24.3 Å². The van der Waals surface area contributed by atoms with E-state index in [0.717, 1.165) is 43.5 Å².